The average Bonchev–Trinajstić information content (AvgIpc) is 2.56. The molecule has 1 saturated heterocycles. The van der Waals surface area contributed by atoms with E-state index in [1.54, 1.807) is 12.4 Å². The number of anilines is 1. The molecule has 0 aromatic carbocycles. The summed E-state index contributed by atoms with van der Waals surface area (Å²) in [5.41, 5.74) is 0. The van der Waals surface area contributed by atoms with E-state index in [0.29, 0.717) is 11.7 Å². The molecule has 1 aromatic rings. The molecule has 0 unspecified atom stereocenters. The summed E-state index contributed by atoms with van der Waals surface area (Å²) >= 11 is 3.27. The minimum absolute atomic E-state index is 0.261. The normalized spacial score (nSPS) is 26.4. The molecule has 0 spiro atoms. The highest BCUT2D eigenvalue weighted by Crippen LogP contribution is 2.13. The molecule has 1 N–H and O–H groups in total. The van der Waals surface area contributed by atoms with E-state index in [4.69, 9.17) is 0 Å². The smallest absolute Gasteiger partial charge is 0.222 e. The van der Waals surface area contributed by atoms with E-state index in [1.165, 1.54) is 0 Å². The largest absolute Gasteiger partial charge is 0.351 e. The first kappa shape index (κ1) is 10.0. The predicted octanol–water partition coefficient (Wildman–Crippen LogP) is 1.17. The number of hydrogen-bond donors (Lipinski definition) is 1. The number of aromatic nitrogens is 2. The van der Waals surface area contributed by atoms with Crippen LogP contribution in [0.4, 0.5) is 5.95 Å². The van der Waals surface area contributed by atoms with Gasteiger partial charge in [-0.3, -0.25) is 4.21 Å². The van der Waals surface area contributed by atoms with E-state index in [0.717, 1.165) is 16.6 Å². The van der Waals surface area contributed by atoms with E-state index in [-0.39, 0.29) is 6.04 Å². The van der Waals surface area contributed by atoms with Crippen LogP contribution in [0.3, 0.4) is 0 Å². The molecule has 1 aromatic heterocycles. The summed E-state index contributed by atoms with van der Waals surface area (Å²) in [5, 5.41) is 3.16. The number of nitrogens with one attached hydrogen (secondary N) is 1. The Morgan fingerprint density at radius 1 is 1.50 bits per heavy atom. The fourth-order valence-corrected chi connectivity index (χ4v) is 2.97. The summed E-state index contributed by atoms with van der Waals surface area (Å²) in [5.74, 6) is 2.10. The van der Waals surface area contributed by atoms with Crippen molar-refractivity contribution in [3.05, 3.63) is 16.9 Å². The molecule has 1 fully saturated rings. The first-order valence-electron chi connectivity index (χ1n) is 4.33. The van der Waals surface area contributed by atoms with Gasteiger partial charge in [0, 0.05) is 40.7 Å². The molecule has 0 amide bonds. The van der Waals surface area contributed by atoms with E-state index in [1.807, 2.05) is 0 Å². The second kappa shape index (κ2) is 4.35. The van der Waals surface area contributed by atoms with Gasteiger partial charge in [-0.05, 0) is 22.4 Å². The fourth-order valence-electron chi connectivity index (χ4n) is 1.35. The van der Waals surface area contributed by atoms with Crippen LogP contribution in [-0.2, 0) is 10.8 Å². The summed E-state index contributed by atoms with van der Waals surface area (Å²) in [4.78, 5) is 8.20. The van der Waals surface area contributed by atoms with Gasteiger partial charge in [0.2, 0.25) is 5.95 Å². The Bertz CT molecular complexity index is 343. The lowest BCUT2D eigenvalue weighted by atomic mass is 10.3. The van der Waals surface area contributed by atoms with Gasteiger partial charge in [-0.2, -0.15) is 0 Å². The zero-order chi connectivity index (χ0) is 9.97. The minimum atomic E-state index is -0.658. The summed E-state index contributed by atoms with van der Waals surface area (Å²) in [7, 11) is -0.658. The molecule has 4 nitrogen and oxygen atoms in total. The molecule has 0 bridgehead atoms. The van der Waals surface area contributed by atoms with Crippen LogP contribution in [-0.4, -0.2) is 31.7 Å². The third-order valence-corrected chi connectivity index (χ3v) is 3.91. The number of nitrogens with zero attached hydrogens (tertiary/aromatic N) is 2. The SMILES string of the molecule is O=[S@@]1CC[C@H](Nc2ncc(Br)cn2)C1. The van der Waals surface area contributed by atoms with Crippen molar-refractivity contribution in [1.82, 2.24) is 9.97 Å². The quantitative estimate of drug-likeness (QED) is 0.881. The molecule has 14 heavy (non-hydrogen) atoms. The fraction of sp³-hybridized carbons (Fsp3) is 0.500. The van der Waals surface area contributed by atoms with Crippen molar-refractivity contribution < 1.29 is 4.21 Å². The summed E-state index contributed by atoms with van der Waals surface area (Å²) in [6.07, 6.45) is 4.33. The molecule has 2 rings (SSSR count). The molecule has 76 valence electrons. The lowest BCUT2D eigenvalue weighted by Gasteiger charge is -2.09. The lowest BCUT2D eigenvalue weighted by Crippen LogP contribution is -2.20. The van der Waals surface area contributed by atoms with Crippen molar-refractivity contribution in [3.63, 3.8) is 0 Å². The summed E-state index contributed by atoms with van der Waals surface area (Å²) < 4.78 is 12.0. The molecular weight excluding hydrogens is 266 g/mol. The molecule has 0 aliphatic carbocycles. The van der Waals surface area contributed by atoms with Crippen LogP contribution in [0.25, 0.3) is 0 Å². The molecule has 0 saturated carbocycles. The molecule has 2 heterocycles. The Balaban J connectivity index is 1.97. The molecule has 0 radical (unpaired) electrons. The summed E-state index contributed by atoms with van der Waals surface area (Å²) in [6, 6.07) is 0.261. The van der Waals surface area contributed by atoms with Gasteiger partial charge >= 0.3 is 0 Å². The van der Waals surface area contributed by atoms with Gasteiger partial charge < -0.3 is 5.32 Å². The lowest BCUT2D eigenvalue weighted by molar-refractivity contribution is 0.686. The Labute approximate surface area is 93.1 Å². The van der Waals surface area contributed by atoms with Crippen LogP contribution in [0.5, 0.6) is 0 Å². The van der Waals surface area contributed by atoms with Gasteiger partial charge in [-0.25, -0.2) is 9.97 Å². The number of rotatable bonds is 2. The van der Waals surface area contributed by atoms with Gasteiger partial charge in [0.05, 0.1) is 4.47 Å². The standard InChI is InChI=1S/C8H10BrN3OS/c9-6-3-10-8(11-4-6)12-7-1-2-14(13)5-7/h3-4,7H,1-2,5H2,(H,10,11,12)/t7-,14+/m0/s1. The van der Waals surface area contributed by atoms with Crippen LogP contribution in [0.15, 0.2) is 16.9 Å². The van der Waals surface area contributed by atoms with Crippen molar-refractivity contribution >= 4 is 32.7 Å². The zero-order valence-electron chi connectivity index (χ0n) is 7.44. The maximum absolute atomic E-state index is 11.1. The van der Waals surface area contributed by atoms with Gasteiger partial charge in [-0.15, -0.1) is 0 Å². The van der Waals surface area contributed by atoms with Crippen molar-refractivity contribution in [2.24, 2.45) is 0 Å². The van der Waals surface area contributed by atoms with Gasteiger partial charge in [0.1, 0.15) is 0 Å². The summed E-state index contributed by atoms with van der Waals surface area (Å²) in [6.45, 7) is 0. The molecule has 6 heteroatoms. The predicted molar refractivity (Wildman–Crippen MR) is 59.6 cm³/mol. The zero-order valence-corrected chi connectivity index (χ0v) is 9.84. The Morgan fingerprint density at radius 3 is 2.79 bits per heavy atom. The first-order chi connectivity index (χ1) is 6.74. The minimum Gasteiger partial charge on any atom is -0.351 e. The Morgan fingerprint density at radius 2 is 2.21 bits per heavy atom. The molecule has 2 atom stereocenters. The van der Waals surface area contributed by atoms with Crippen molar-refractivity contribution in [1.29, 1.82) is 0 Å². The van der Waals surface area contributed by atoms with Crippen molar-refractivity contribution in [2.75, 3.05) is 16.8 Å². The highest BCUT2D eigenvalue weighted by atomic mass is 79.9. The highest BCUT2D eigenvalue weighted by Gasteiger charge is 2.21. The maximum Gasteiger partial charge on any atom is 0.222 e. The second-order valence-electron chi connectivity index (χ2n) is 3.17. The third-order valence-electron chi connectivity index (χ3n) is 2.03. The molecular formula is C8H10BrN3OS. The maximum atomic E-state index is 11.1. The number of halogens is 1. The van der Waals surface area contributed by atoms with E-state index in [9.17, 15) is 4.21 Å². The van der Waals surface area contributed by atoms with E-state index >= 15 is 0 Å². The van der Waals surface area contributed by atoms with Gasteiger partial charge in [0.25, 0.3) is 0 Å². The van der Waals surface area contributed by atoms with Gasteiger partial charge in [0.15, 0.2) is 0 Å². The van der Waals surface area contributed by atoms with E-state index in [2.05, 4.69) is 31.2 Å². The first-order valence-corrected chi connectivity index (χ1v) is 6.61. The van der Waals surface area contributed by atoms with E-state index < -0.39 is 10.8 Å². The average molecular weight is 276 g/mol. The third kappa shape index (κ3) is 2.51. The Hall–Kier alpha value is -0.490. The monoisotopic (exact) mass is 275 g/mol. The van der Waals surface area contributed by atoms with Crippen LogP contribution >= 0.6 is 15.9 Å². The van der Waals surface area contributed by atoms with Crippen LogP contribution in [0.2, 0.25) is 0 Å². The van der Waals surface area contributed by atoms with Crippen LogP contribution in [0, 0.1) is 0 Å². The molecule has 1 aliphatic rings. The van der Waals surface area contributed by atoms with Gasteiger partial charge in [-0.1, -0.05) is 0 Å². The van der Waals surface area contributed by atoms with Crippen molar-refractivity contribution in [2.45, 2.75) is 12.5 Å². The Kier molecular flexibility index (Phi) is 3.12. The molecule has 1 aliphatic heterocycles. The van der Waals surface area contributed by atoms with Crippen LogP contribution in [0.1, 0.15) is 6.42 Å². The van der Waals surface area contributed by atoms with Crippen LogP contribution < -0.4 is 5.32 Å². The number of hydrogen-bond acceptors (Lipinski definition) is 4. The highest BCUT2D eigenvalue weighted by molar-refractivity contribution is 9.10. The van der Waals surface area contributed by atoms with Crippen molar-refractivity contribution in [3.8, 4) is 0 Å². The topological polar surface area (TPSA) is 54.9 Å². The second-order valence-corrected chi connectivity index (χ2v) is 5.70.